The van der Waals surface area contributed by atoms with Crippen LogP contribution in [0.2, 0.25) is 0 Å². The molecule has 1 heterocycles. The third-order valence-corrected chi connectivity index (χ3v) is 5.19. The largest absolute Gasteiger partial charge is 0.489 e. The van der Waals surface area contributed by atoms with E-state index in [1.165, 1.54) is 0 Å². The molecule has 1 aliphatic heterocycles. The molecule has 0 bridgehead atoms. The number of alkyl halides is 9. The average molecular weight is 451 g/mol. The van der Waals surface area contributed by atoms with Gasteiger partial charge >= 0.3 is 23.9 Å². The van der Waals surface area contributed by atoms with Crippen molar-refractivity contribution in [2.75, 3.05) is 5.75 Å². The third kappa shape index (κ3) is 3.42. The molecule has 3 rings (SSSR count). The Hall–Kier alpha value is -2.05. The van der Waals surface area contributed by atoms with Crippen molar-refractivity contribution in [3.63, 3.8) is 0 Å². The number of rotatable bonds is 3. The highest BCUT2D eigenvalue weighted by Crippen LogP contribution is 2.61. The Bertz CT molecular complexity index is 841. The van der Waals surface area contributed by atoms with E-state index in [2.05, 4.69) is 0 Å². The summed E-state index contributed by atoms with van der Waals surface area (Å²) in [5.74, 6) is -18.3. The minimum atomic E-state index is -6.37. The summed E-state index contributed by atoms with van der Waals surface area (Å²) in [6.45, 7) is 0. The molecule has 0 saturated carbocycles. The van der Waals surface area contributed by atoms with Crippen LogP contribution in [0.3, 0.4) is 0 Å². The van der Waals surface area contributed by atoms with Crippen molar-refractivity contribution in [1.82, 2.24) is 5.32 Å². The predicted octanol–water partition coefficient (Wildman–Crippen LogP) is 5.17. The second kappa shape index (κ2) is 6.74. The number of allylic oxidation sites excluding steroid dienone is 2. The summed E-state index contributed by atoms with van der Waals surface area (Å²) >= 11 is 0.145. The summed E-state index contributed by atoms with van der Waals surface area (Å²) in [5.41, 5.74) is -5.56. The molecule has 160 valence electrons. The summed E-state index contributed by atoms with van der Waals surface area (Å²) in [6.07, 6.45) is -6.57. The van der Waals surface area contributed by atoms with Crippen LogP contribution in [0.25, 0.3) is 0 Å². The van der Waals surface area contributed by atoms with Gasteiger partial charge in [-0.25, -0.2) is 0 Å². The first kappa shape index (κ1) is 21.7. The number of hydrogen-bond donors (Lipinski definition) is 1. The fraction of sp³-hybridized carbons (Fsp3) is 0.438. The standard InChI is InChI=1S/C16H10F9NO2S/c17-13(18)10(15(21,22)23)11(14(19,20)16(13,24)25)26-12(27)29-6-8-5-7-3-1-2-4-9(7)28-8/h1-4,8H,5-6H2,(H,26,27)/t8-/m0/s1. The lowest BCUT2D eigenvalue weighted by atomic mass is 10.1. The number of fused-ring (bicyclic) bond motifs is 1. The summed E-state index contributed by atoms with van der Waals surface area (Å²) < 4.78 is 125. The Kier molecular flexibility index (Phi) is 5.03. The van der Waals surface area contributed by atoms with Crippen molar-refractivity contribution in [2.45, 2.75) is 36.5 Å². The van der Waals surface area contributed by atoms with Gasteiger partial charge in [0, 0.05) is 12.2 Å². The highest BCUT2D eigenvalue weighted by atomic mass is 32.2. The van der Waals surface area contributed by atoms with Crippen LogP contribution in [-0.2, 0) is 6.42 Å². The van der Waals surface area contributed by atoms with E-state index < -0.39 is 46.6 Å². The summed E-state index contributed by atoms with van der Waals surface area (Å²) in [6, 6.07) is 6.69. The van der Waals surface area contributed by atoms with Crippen LogP contribution in [0.1, 0.15) is 5.56 Å². The van der Waals surface area contributed by atoms with Crippen LogP contribution in [0.5, 0.6) is 5.75 Å². The van der Waals surface area contributed by atoms with Crippen LogP contribution in [0, 0.1) is 0 Å². The maximum absolute atomic E-state index is 13.7. The van der Waals surface area contributed by atoms with Crippen molar-refractivity contribution >= 4 is 17.0 Å². The van der Waals surface area contributed by atoms with Crippen molar-refractivity contribution in [3.8, 4) is 5.75 Å². The van der Waals surface area contributed by atoms with Crippen LogP contribution in [0.4, 0.5) is 44.3 Å². The smallest absolute Gasteiger partial charge is 0.420 e. The van der Waals surface area contributed by atoms with Crippen LogP contribution in [-0.4, -0.2) is 41.0 Å². The molecule has 0 fully saturated rings. The maximum Gasteiger partial charge on any atom is 0.420 e. The Morgan fingerprint density at radius 1 is 1.10 bits per heavy atom. The van der Waals surface area contributed by atoms with E-state index in [0.29, 0.717) is 12.2 Å². The highest BCUT2D eigenvalue weighted by molar-refractivity contribution is 8.13. The second-order valence-corrected chi connectivity index (χ2v) is 7.24. The van der Waals surface area contributed by atoms with Gasteiger partial charge in [0.1, 0.15) is 23.1 Å². The first-order chi connectivity index (χ1) is 13.2. The Labute approximate surface area is 161 Å². The van der Waals surface area contributed by atoms with Crippen LogP contribution < -0.4 is 10.1 Å². The fourth-order valence-corrected chi connectivity index (χ4v) is 3.64. The molecule has 1 aliphatic carbocycles. The van der Waals surface area contributed by atoms with Crippen LogP contribution >= 0.6 is 11.8 Å². The van der Waals surface area contributed by atoms with E-state index in [4.69, 9.17) is 4.74 Å². The molecule has 0 radical (unpaired) electrons. The lowest BCUT2D eigenvalue weighted by molar-refractivity contribution is -0.274. The predicted molar refractivity (Wildman–Crippen MR) is 83.5 cm³/mol. The molecule has 1 aromatic carbocycles. The van der Waals surface area contributed by atoms with Crippen LogP contribution in [0.15, 0.2) is 35.5 Å². The van der Waals surface area contributed by atoms with Gasteiger partial charge in [-0.3, -0.25) is 4.79 Å². The average Bonchev–Trinajstić information content (AvgIpc) is 3.04. The number of carbonyl (C=O) groups is 1. The Morgan fingerprint density at radius 2 is 1.72 bits per heavy atom. The first-order valence-electron chi connectivity index (χ1n) is 7.83. The summed E-state index contributed by atoms with van der Waals surface area (Å²) in [5, 5.41) is -0.730. The van der Waals surface area contributed by atoms with E-state index in [1.807, 2.05) is 0 Å². The fourth-order valence-electron chi connectivity index (χ4n) is 2.94. The topological polar surface area (TPSA) is 38.3 Å². The lowest BCUT2D eigenvalue weighted by Gasteiger charge is -2.25. The SMILES string of the molecule is O=C(NC1=C(C(F)(F)F)C(F)(F)C(F)(F)C1(F)F)SC[C@@H]1Cc2ccccc2O1. The molecular formula is C16H10F9NO2S. The molecule has 13 heteroatoms. The van der Waals surface area contributed by atoms with E-state index in [-0.39, 0.29) is 17.5 Å². The number of para-hydroxylation sites is 1. The summed E-state index contributed by atoms with van der Waals surface area (Å²) in [7, 11) is 0. The Morgan fingerprint density at radius 3 is 2.31 bits per heavy atom. The van der Waals surface area contributed by atoms with Gasteiger partial charge in [-0.05, 0) is 11.6 Å². The van der Waals surface area contributed by atoms with E-state index >= 15 is 0 Å². The molecule has 1 aromatic rings. The molecule has 1 atom stereocenters. The van der Waals surface area contributed by atoms with Gasteiger partial charge in [0.2, 0.25) is 0 Å². The Balaban J connectivity index is 1.76. The van der Waals surface area contributed by atoms with E-state index in [1.54, 1.807) is 24.3 Å². The quantitative estimate of drug-likeness (QED) is 0.645. The zero-order valence-corrected chi connectivity index (χ0v) is 14.7. The zero-order valence-electron chi connectivity index (χ0n) is 13.9. The van der Waals surface area contributed by atoms with Gasteiger partial charge in [-0.2, -0.15) is 39.5 Å². The normalized spacial score (nSPS) is 24.2. The second-order valence-electron chi connectivity index (χ2n) is 6.25. The van der Waals surface area contributed by atoms with Gasteiger partial charge in [0.15, 0.2) is 0 Å². The van der Waals surface area contributed by atoms with Gasteiger partial charge in [-0.1, -0.05) is 30.0 Å². The van der Waals surface area contributed by atoms with Crippen molar-refractivity contribution in [3.05, 3.63) is 41.1 Å². The molecule has 1 amide bonds. The number of benzene rings is 1. The molecule has 0 unspecified atom stereocenters. The molecule has 0 saturated heterocycles. The number of thioether (sulfide) groups is 1. The molecule has 0 spiro atoms. The molecule has 3 nitrogen and oxygen atoms in total. The van der Waals surface area contributed by atoms with Crippen molar-refractivity contribution < 1.29 is 49.0 Å². The molecule has 29 heavy (non-hydrogen) atoms. The minimum Gasteiger partial charge on any atom is -0.489 e. The van der Waals surface area contributed by atoms with Gasteiger partial charge < -0.3 is 10.1 Å². The maximum atomic E-state index is 13.7. The number of halogens is 9. The van der Waals surface area contributed by atoms with Crippen molar-refractivity contribution in [1.29, 1.82) is 0 Å². The molecular weight excluding hydrogens is 441 g/mol. The number of amides is 1. The monoisotopic (exact) mass is 451 g/mol. The molecule has 0 aromatic heterocycles. The van der Waals surface area contributed by atoms with Gasteiger partial charge in [-0.15, -0.1) is 0 Å². The van der Waals surface area contributed by atoms with E-state index in [0.717, 1.165) is 10.9 Å². The zero-order chi connectivity index (χ0) is 21.8. The molecule has 2 aliphatic rings. The number of carbonyl (C=O) groups excluding carboxylic acids is 1. The third-order valence-electron chi connectivity index (χ3n) is 4.29. The molecule has 1 N–H and O–H groups in total. The van der Waals surface area contributed by atoms with Crippen molar-refractivity contribution in [2.24, 2.45) is 0 Å². The minimum absolute atomic E-state index is 0.145. The lowest BCUT2D eigenvalue weighted by Crippen LogP contribution is -2.51. The van der Waals surface area contributed by atoms with Gasteiger partial charge in [0.25, 0.3) is 5.24 Å². The summed E-state index contributed by atoms with van der Waals surface area (Å²) in [4.78, 5) is 11.8. The number of hydrogen-bond acceptors (Lipinski definition) is 3. The highest BCUT2D eigenvalue weighted by Gasteiger charge is 2.84. The van der Waals surface area contributed by atoms with Gasteiger partial charge in [0.05, 0.1) is 0 Å². The first-order valence-corrected chi connectivity index (χ1v) is 8.82. The number of nitrogens with one attached hydrogen (secondary N) is 1. The number of ether oxygens (including phenoxy) is 1. The van der Waals surface area contributed by atoms with E-state index in [9.17, 15) is 44.3 Å².